The van der Waals surface area contributed by atoms with Crippen LogP contribution in [0.15, 0.2) is 166 Å². The number of allylic oxidation sites excluding steroid dienone is 4. The predicted octanol–water partition coefficient (Wildman–Crippen LogP) is 10.6. The molecule has 0 spiro atoms. The molecule has 7 aromatic rings. The second kappa shape index (κ2) is 11.4. The smallest absolute Gasteiger partial charge is 0.159 e. The summed E-state index contributed by atoms with van der Waals surface area (Å²) in [6.07, 6.45) is 8.42. The zero-order chi connectivity index (χ0) is 31.2. The number of amidine groups is 2. The van der Waals surface area contributed by atoms with Crippen LogP contribution in [0.5, 0.6) is 0 Å². The molecule has 6 aromatic carbocycles. The van der Waals surface area contributed by atoms with Crippen LogP contribution in [0.2, 0.25) is 0 Å². The van der Waals surface area contributed by atoms with Gasteiger partial charge in [0.05, 0.1) is 0 Å². The fourth-order valence-electron chi connectivity index (χ4n) is 6.81. The highest BCUT2D eigenvalue weighted by Crippen LogP contribution is 2.41. The summed E-state index contributed by atoms with van der Waals surface area (Å²) in [6, 6.07) is 46.6. The summed E-state index contributed by atoms with van der Waals surface area (Å²) >= 11 is 0. The molecular formula is C43H31N3O. The second-order valence-electron chi connectivity index (χ2n) is 12.1. The number of aliphatic imine (C=N–C) groups is 2. The van der Waals surface area contributed by atoms with E-state index in [0.29, 0.717) is 5.84 Å². The molecule has 47 heavy (non-hydrogen) atoms. The van der Waals surface area contributed by atoms with E-state index < -0.39 is 0 Å². The average molecular weight is 606 g/mol. The molecule has 0 radical (unpaired) electrons. The van der Waals surface area contributed by atoms with Gasteiger partial charge >= 0.3 is 0 Å². The van der Waals surface area contributed by atoms with Crippen molar-refractivity contribution in [2.75, 3.05) is 0 Å². The normalized spacial score (nSPS) is 16.2. The minimum absolute atomic E-state index is 0.275. The molecule has 1 unspecified atom stereocenters. The van der Waals surface area contributed by atoms with Crippen LogP contribution in [0.4, 0.5) is 0 Å². The van der Waals surface area contributed by atoms with Crippen LogP contribution in [0, 0.1) is 0 Å². The SMILES string of the molecule is C1=CCCC(c2cc3ccccc3c3oc4ccc(C5=NC(c6ccccc6)NC(c6ccc(-c7ccccc7)cc6)=N5)cc4c23)=C1. The van der Waals surface area contributed by atoms with Crippen molar-refractivity contribution in [1.82, 2.24) is 5.32 Å². The van der Waals surface area contributed by atoms with E-state index >= 15 is 0 Å². The van der Waals surface area contributed by atoms with Gasteiger partial charge in [0, 0.05) is 27.3 Å². The lowest BCUT2D eigenvalue weighted by molar-refractivity contribution is 0.672. The molecule has 0 amide bonds. The van der Waals surface area contributed by atoms with E-state index in [-0.39, 0.29) is 6.17 Å². The Bertz CT molecular complexity index is 2410. The van der Waals surface area contributed by atoms with E-state index in [9.17, 15) is 0 Å². The Hall–Kier alpha value is -6.00. The summed E-state index contributed by atoms with van der Waals surface area (Å²) in [7, 11) is 0. The minimum Gasteiger partial charge on any atom is -0.455 e. The quantitative estimate of drug-likeness (QED) is 0.212. The van der Waals surface area contributed by atoms with Gasteiger partial charge in [0.15, 0.2) is 5.84 Å². The van der Waals surface area contributed by atoms with Gasteiger partial charge in [0.25, 0.3) is 0 Å². The predicted molar refractivity (Wildman–Crippen MR) is 195 cm³/mol. The van der Waals surface area contributed by atoms with Gasteiger partial charge in [-0.05, 0) is 70.3 Å². The molecule has 1 aliphatic heterocycles. The first-order valence-corrected chi connectivity index (χ1v) is 16.2. The van der Waals surface area contributed by atoms with E-state index in [1.54, 1.807) is 0 Å². The molecule has 2 aliphatic rings. The molecule has 0 fully saturated rings. The zero-order valence-corrected chi connectivity index (χ0v) is 25.7. The third-order valence-corrected chi connectivity index (χ3v) is 9.20. The average Bonchev–Trinajstić information content (AvgIpc) is 3.55. The van der Waals surface area contributed by atoms with Crippen LogP contribution in [-0.4, -0.2) is 11.7 Å². The molecule has 0 saturated heterocycles. The van der Waals surface area contributed by atoms with E-state index in [2.05, 4.69) is 145 Å². The van der Waals surface area contributed by atoms with Crippen LogP contribution in [0.25, 0.3) is 49.4 Å². The molecule has 1 aliphatic carbocycles. The van der Waals surface area contributed by atoms with Gasteiger partial charge in [-0.3, -0.25) is 0 Å². The van der Waals surface area contributed by atoms with Crippen LogP contribution in [0.1, 0.15) is 41.3 Å². The van der Waals surface area contributed by atoms with Gasteiger partial charge < -0.3 is 9.73 Å². The van der Waals surface area contributed by atoms with Crippen molar-refractivity contribution in [2.45, 2.75) is 19.0 Å². The van der Waals surface area contributed by atoms with Crippen LogP contribution >= 0.6 is 0 Å². The van der Waals surface area contributed by atoms with Crippen molar-refractivity contribution < 1.29 is 4.42 Å². The van der Waals surface area contributed by atoms with Gasteiger partial charge in [-0.1, -0.05) is 127 Å². The Labute approximate surface area is 273 Å². The summed E-state index contributed by atoms with van der Waals surface area (Å²) < 4.78 is 6.63. The van der Waals surface area contributed by atoms with Crippen LogP contribution in [-0.2, 0) is 0 Å². The Kier molecular flexibility index (Phi) is 6.64. The highest BCUT2D eigenvalue weighted by molar-refractivity contribution is 6.21. The van der Waals surface area contributed by atoms with Crippen molar-refractivity contribution in [3.8, 4) is 11.1 Å². The monoisotopic (exact) mass is 605 g/mol. The third kappa shape index (κ3) is 4.95. The summed E-state index contributed by atoms with van der Waals surface area (Å²) in [6.45, 7) is 0. The van der Waals surface area contributed by atoms with Gasteiger partial charge in [0.2, 0.25) is 0 Å². The Balaban J connectivity index is 1.20. The summed E-state index contributed by atoms with van der Waals surface area (Å²) in [4.78, 5) is 10.3. The molecule has 0 saturated carbocycles. The van der Waals surface area contributed by atoms with E-state index in [1.165, 1.54) is 27.6 Å². The summed E-state index contributed by atoms with van der Waals surface area (Å²) in [5, 5.41) is 8.15. The van der Waals surface area contributed by atoms with E-state index in [1.807, 2.05) is 12.1 Å². The number of benzene rings is 6. The maximum Gasteiger partial charge on any atom is 0.159 e. The zero-order valence-electron chi connectivity index (χ0n) is 25.7. The Morgan fingerprint density at radius 2 is 1.38 bits per heavy atom. The highest BCUT2D eigenvalue weighted by Gasteiger charge is 2.23. The van der Waals surface area contributed by atoms with Crippen molar-refractivity contribution in [3.63, 3.8) is 0 Å². The van der Waals surface area contributed by atoms with Crippen molar-refractivity contribution in [2.24, 2.45) is 9.98 Å². The number of fused-ring (bicyclic) bond motifs is 5. The first-order chi connectivity index (χ1) is 23.3. The molecule has 1 atom stereocenters. The van der Waals surface area contributed by atoms with E-state index in [4.69, 9.17) is 14.4 Å². The number of furan rings is 1. The summed E-state index contributed by atoms with van der Waals surface area (Å²) in [5.41, 5.74) is 9.77. The lowest BCUT2D eigenvalue weighted by Crippen LogP contribution is -2.33. The molecule has 2 heterocycles. The molecule has 224 valence electrons. The molecule has 1 aromatic heterocycles. The Morgan fingerprint density at radius 1 is 0.660 bits per heavy atom. The van der Waals surface area contributed by atoms with Crippen LogP contribution in [0.3, 0.4) is 0 Å². The highest BCUT2D eigenvalue weighted by atomic mass is 16.3. The largest absolute Gasteiger partial charge is 0.455 e. The lowest BCUT2D eigenvalue weighted by Gasteiger charge is -2.23. The van der Waals surface area contributed by atoms with Gasteiger partial charge in [0.1, 0.15) is 23.2 Å². The van der Waals surface area contributed by atoms with Crippen molar-refractivity contribution in [3.05, 3.63) is 174 Å². The second-order valence-corrected chi connectivity index (χ2v) is 12.1. The number of rotatable bonds is 5. The number of nitrogens with one attached hydrogen (secondary N) is 1. The van der Waals surface area contributed by atoms with E-state index in [0.717, 1.165) is 62.7 Å². The standard InChI is InChI=1S/C43H31N3O/c1-4-12-28(13-5-1)29-20-22-32(23-21-29)42-44-41(31-16-8-3-9-17-31)45-43(46-42)34-24-25-38-37(27-34)39-36(30-14-6-2-7-15-30)26-33-18-10-11-19-35(33)40(39)47-38/h1-6,8-14,16-27,41H,7,15H2,(H,44,45,46). The molecule has 4 nitrogen and oxygen atoms in total. The first-order valence-electron chi connectivity index (χ1n) is 16.2. The number of hydrogen-bond acceptors (Lipinski definition) is 4. The summed E-state index contributed by atoms with van der Waals surface area (Å²) in [5.74, 6) is 1.49. The van der Waals surface area contributed by atoms with Crippen LogP contribution < -0.4 is 5.32 Å². The topological polar surface area (TPSA) is 49.9 Å². The molecule has 1 N–H and O–H groups in total. The van der Waals surface area contributed by atoms with Gasteiger partial charge in [-0.25, -0.2) is 9.98 Å². The molecular weight excluding hydrogens is 574 g/mol. The molecule has 9 rings (SSSR count). The third-order valence-electron chi connectivity index (χ3n) is 9.20. The maximum atomic E-state index is 6.63. The lowest BCUT2D eigenvalue weighted by atomic mass is 9.91. The molecule has 4 heteroatoms. The van der Waals surface area contributed by atoms with Gasteiger partial charge in [-0.2, -0.15) is 0 Å². The number of nitrogens with zero attached hydrogens (tertiary/aromatic N) is 2. The molecule has 0 bridgehead atoms. The van der Waals surface area contributed by atoms with Crippen molar-refractivity contribution >= 4 is 50.0 Å². The van der Waals surface area contributed by atoms with Gasteiger partial charge in [-0.15, -0.1) is 0 Å². The Morgan fingerprint density at radius 3 is 2.19 bits per heavy atom. The fourth-order valence-corrected chi connectivity index (χ4v) is 6.81. The minimum atomic E-state index is -0.275. The fraction of sp³-hybridized carbons (Fsp3) is 0.0698. The maximum absolute atomic E-state index is 6.63. The number of hydrogen-bond donors (Lipinski definition) is 1. The first kappa shape index (κ1) is 27.3. The van der Waals surface area contributed by atoms with Crippen molar-refractivity contribution in [1.29, 1.82) is 0 Å².